The van der Waals surface area contributed by atoms with Crippen LogP contribution in [0.1, 0.15) is 36.2 Å². The molecule has 0 aromatic heterocycles. The van der Waals surface area contributed by atoms with E-state index in [1.807, 2.05) is 6.92 Å². The van der Waals surface area contributed by atoms with Gasteiger partial charge in [-0.05, 0) is 37.1 Å². The predicted octanol–water partition coefficient (Wildman–Crippen LogP) is 0.358. The van der Waals surface area contributed by atoms with E-state index in [1.165, 1.54) is 13.2 Å². The largest absolute Gasteiger partial charge is 0.465 e. The number of aryl methyl sites for hydroxylation is 1. The number of esters is 1. The fourth-order valence-corrected chi connectivity index (χ4v) is 3.08. The molecule has 0 radical (unpaired) electrons. The summed E-state index contributed by atoms with van der Waals surface area (Å²) in [4.78, 5) is 23.3. The summed E-state index contributed by atoms with van der Waals surface area (Å²) in [5.74, 6) is -0.134. The number of alkyl carbamates (subject to hydrolysis) is 1. The first-order chi connectivity index (χ1) is 14.3. The number of aliphatic hydroxyl groups excluding tert-OH is 3. The van der Waals surface area contributed by atoms with E-state index in [-0.39, 0.29) is 13.2 Å². The van der Waals surface area contributed by atoms with Crippen LogP contribution >= 0.6 is 0 Å². The van der Waals surface area contributed by atoms with Crippen LogP contribution in [0.3, 0.4) is 0 Å². The lowest BCUT2D eigenvalue weighted by molar-refractivity contribution is -0.270. The van der Waals surface area contributed by atoms with Crippen molar-refractivity contribution in [1.29, 1.82) is 0 Å². The predicted molar refractivity (Wildman–Crippen MR) is 104 cm³/mol. The van der Waals surface area contributed by atoms with Crippen LogP contribution in [-0.2, 0) is 20.6 Å². The molecule has 1 heterocycles. The van der Waals surface area contributed by atoms with Crippen LogP contribution in [0.5, 0.6) is 5.75 Å². The number of carbonyl (C=O) groups excluding carboxylic acids is 2. The Labute approximate surface area is 174 Å². The fraction of sp³-hybridized carbons (Fsp3) is 0.600. The molecule has 1 aliphatic rings. The number of hydrogen-bond acceptors (Lipinski definition) is 9. The second-order valence-corrected chi connectivity index (χ2v) is 6.80. The van der Waals surface area contributed by atoms with Gasteiger partial charge in [-0.3, -0.25) is 0 Å². The molecule has 0 unspecified atom stereocenters. The van der Waals surface area contributed by atoms with E-state index < -0.39 is 42.8 Å². The van der Waals surface area contributed by atoms with Crippen LogP contribution in [0.15, 0.2) is 18.2 Å². The molecule has 1 aliphatic heterocycles. The van der Waals surface area contributed by atoms with E-state index in [1.54, 1.807) is 19.1 Å². The number of carbonyl (C=O) groups is 2. The molecule has 1 fully saturated rings. The maximum atomic E-state index is 11.8. The molecule has 0 bridgehead atoms. The van der Waals surface area contributed by atoms with Crippen molar-refractivity contribution < 1.29 is 43.9 Å². The monoisotopic (exact) mass is 427 g/mol. The molecule has 2 rings (SSSR count). The smallest absolute Gasteiger partial charge is 0.407 e. The topological polar surface area (TPSA) is 144 Å². The van der Waals surface area contributed by atoms with Gasteiger partial charge in [0, 0.05) is 6.54 Å². The van der Waals surface area contributed by atoms with Crippen molar-refractivity contribution in [2.24, 2.45) is 0 Å². The molecular weight excluding hydrogens is 398 g/mol. The number of aliphatic hydroxyl groups is 3. The van der Waals surface area contributed by atoms with Gasteiger partial charge in [-0.1, -0.05) is 13.3 Å². The summed E-state index contributed by atoms with van der Waals surface area (Å²) in [5, 5.41) is 33.1. The second kappa shape index (κ2) is 11.1. The van der Waals surface area contributed by atoms with Gasteiger partial charge in [-0.25, -0.2) is 9.59 Å². The Morgan fingerprint density at radius 3 is 2.50 bits per heavy atom. The summed E-state index contributed by atoms with van der Waals surface area (Å²) in [6.45, 7) is 3.62. The quantitative estimate of drug-likeness (QED) is 0.432. The van der Waals surface area contributed by atoms with Crippen molar-refractivity contribution in [2.75, 3.05) is 20.3 Å². The molecule has 1 aromatic carbocycles. The van der Waals surface area contributed by atoms with Crippen molar-refractivity contribution in [3.05, 3.63) is 29.3 Å². The van der Waals surface area contributed by atoms with Crippen molar-refractivity contribution in [1.82, 2.24) is 5.32 Å². The molecule has 30 heavy (non-hydrogen) atoms. The van der Waals surface area contributed by atoms with Crippen LogP contribution in [0.2, 0.25) is 0 Å². The maximum absolute atomic E-state index is 11.8. The molecule has 0 aliphatic carbocycles. The number of ether oxygens (including phenoxy) is 4. The average Bonchev–Trinajstić information content (AvgIpc) is 2.74. The molecule has 4 N–H and O–H groups in total. The van der Waals surface area contributed by atoms with Crippen LogP contribution in [0, 0.1) is 0 Å². The van der Waals surface area contributed by atoms with Crippen LogP contribution in [0.25, 0.3) is 0 Å². The van der Waals surface area contributed by atoms with Gasteiger partial charge in [0.05, 0.1) is 19.3 Å². The van der Waals surface area contributed by atoms with E-state index in [9.17, 15) is 24.9 Å². The van der Waals surface area contributed by atoms with Crippen molar-refractivity contribution in [2.45, 2.75) is 57.4 Å². The zero-order chi connectivity index (χ0) is 22.3. The Balaban J connectivity index is 2.16. The zero-order valence-electron chi connectivity index (χ0n) is 17.2. The van der Waals surface area contributed by atoms with Crippen LogP contribution in [-0.4, -0.2) is 78.3 Å². The van der Waals surface area contributed by atoms with Gasteiger partial charge in [0.1, 0.15) is 30.2 Å². The fourth-order valence-electron chi connectivity index (χ4n) is 3.08. The highest BCUT2D eigenvalue weighted by Crippen LogP contribution is 2.28. The summed E-state index contributed by atoms with van der Waals surface area (Å²) in [7, 11) is 1.29. The van der Waals surface area contributed by atoms with Gasteiger partial charge >= 0.3 is 12.1 Å². The Bertz CT molecular complexity index is 726. The molecule has 1 aromatic rings. The van der Waals surface area contributed by atoms with E-state index in [0.717, 1.165) is 6.42 Å². The molecule has 1 saturated heterocycles. The molecule has 5 atom stereocenters. The SMILES string of the molecule is CCCc1cc(C(=O)OC)ccc1O[C@H]1O[C@H](CNC(=O)OCC)[C@@H](O)[C@H](O)[C@@H]1O. The third-order valence-corrected chi connectivity index (χ3v) is 4.64. The van der Waals surface area contributed by atoms with Gasteiger partial charge in [0.2, 0.25) is 6.29 Å². The number of rotatable bonds is 8. The lowest BCUT2D eigenvalue weighted by Crippen LogP contribution is -2.61. The highest BCUT2D eigenvalue weighted by atomic mass is 16.7. The van der Waals surface area contributed by atoms with Gasteiger partial charge in [-0.15, -0.1) is 0 Å². The van der Waals surface area contributed by atoms with E-state index in [4.69, 9.17) is 18.9 Å². The third kappa shape index (κ3) is 5.82. The summed E-state index contributed by atoms with van der Waals surface area (Å²) in [5.41, 5.74) is 1.04. The molecule has 10 nitrogen and oxygen atoms in total. The molecule has 168 valence electrons. The zero-order valence-corrected chi connectivity index (χ0v) is 17.2. The number of nitrogens with one attached hydrogen (secondary N) is 1. The minimum Gasteiger partial charge on any atom is -0.465 e. The first-order valence-corrected chi connectivity index (χ1v) is 9.80. The van der Waals surface area contributed by atoms with Gasteiger partial charge in [-0.2, -0.15) is 0 Å². The number of benzene rings is 1. The second-order valence-electron chi connectivity index (χ2n) is 6.80. The number of amides is 1. The first-order valence-electron chi connectivity index (χ1n) is 9.80. The summed E-state index contributed by atoms with van der Waals surface area (Å²) < 4.78 is 20.9. The van der Waals surface area contributed by atoms with Gasteiger partial charge in [0.15, 0.2) is 0 Å². The van der Waals surface area contributed by atoms with E-state index >= 15 is 0 Å². The normalized spacial score (nSPS) is 26.0. The Kier molecular flexibility index (Phi) is 8.85. The van der Waals surface area contributed by atoms with Crippen LogP contribution in [0.4, 0.5) is 4.79 Å². The Morgan fingerprint density at radius 1 is 1.13 bits per heavy atom. The van der Waals surface area contributed by atoms with Crippen molar-refractivity contribution in [3.8, 4) is 5.75 Å². The third-order valence-electron chi connectivity index (χ3n) is 4.64. The molecule has 0 saturated carbocycles. The molecule has 0 spiro atoms. The van der Waals surface area contributed by atoms with E-state index in [2.05, 4.69) is 5.32 Å². The van der Waals surface area contributed by atoms with Crippen LogP contribution < -0.4 is 10.1 Å². The lowest BCUT2D eigenvalue weighted by atomic mass is 9.98. The number of methoxy groups -OCH3 is 1. The number of hydrogen-bond donors (Lipinski definition) is 4. The highest BCUT2D eigenvalue weighted by Gasteiger charge is 2.45. The molecule has 1 amide bonds. The average molecular weight is 427 g/mol. The highest BCUT2D eigenvalue weighted by molar-refractivity contribution is 5.89. The Morgan fingerprint density at radius 2 is 1.87 bits per heavy atom. The minimum absolute atomic E-state index is 0.160. The molecular formula is C20H29NO9. The maximum Gasteiger partial charge on any atom is 0.407 e. The minimum atomic E-state index is -1.55. The standard InChI is InChI=1S/C20H29NO9/c1-4-6-11-9-12(18(25)27-3)7-8-13(11)29-19-17(24)16(23)15(22)14(30-19)10-21-20(26)28-5-2/h7-9,14-17,19,22-24H,4-6,10H2,1-3H3,(H,21,26)/t14-,15-,16+,17+,19+/m1/s1. The summed E-state index contributed by atoms with van der Waals surface area (Å²) >= 11 is 0. The lowest BCUT2D eigenvalue weighted by Gasteiger charge is -2.40. The first kappa shape index (κ1) is 23.9. The van der Waals surface area contributed by atoms with Gasteiger partial charge in [0.25, 0.3) is 0 Å². The summed E-state index contributed by atoms with van der Waals surface area (Å²) in [6, 6.07) is 4.70. The van der Waals surface area contributed by atoms with E-state index in [0.29, 0.717) is 23.3 Å². The van der Waals surface area contributed by atoms with Crippen molar-refractivity contribution in [3.63, 3.8) is 0 Å². The molecule has 10 heteroatoms. The summed E-state index contributed by atoms with van der Waals surface area (Å²) in [6.07, 6.45) is -6.23. The van der Waals surface area contributed by atoms with Crippen molar-refractivity contribution >= 4 is 12.1 Å². The Hall–Kier alpha value is -2.40. The van der Waals surface area contributed by atoms with Gasteiger partial charge < -0.3 is 39.6 Å².